The van der Waals surface area contributed by atoms with Crippen molar-refractivity contribution < 1.29 is 26.7 Å². The summed E-state index contributed by atoms with van der Waals surface area (Å²) in [6.07, 6.45) is -0.667. The molecule has 0 aliphatic carbocycles. The van der Waals surface area contributed by atoms with E-state index in [9.17, 15) is 18.0 Å². The molecule has 0 aliphatic rings. The van der Waals surface area contributed by atoms with Crippen LogP contribution in [0.4, 0.5) is 0 Å². The minimum Gasteiger partial charge on any atom is -0.325 e. The summed E-state index contributed by atoms with van der Waals surface area (Å²) < 4.78 is 31.0. The lowest BCUT2D eigenvalue weighted by molar-refractivity contribution is -0.137. The molecule has 0 saturated carbocycles. The molecule has 0 aromatic rings. The Bertz CT molecular complexity index is 267. The first kappa shape index (κ1) is 14.3. The topological polar surface area (TPSA) is 97.7 Å². The van der Waals surface area contributed by atoms with Gasteiger partial charge in [-0.3, -0.25) is 14.1 Å². The monoisotopic (exact) mass is 208 g/mol. The fourth-order valence-electron chi connectivity index (χ4n) is 0.350. The number of hydrogen-bond donors (Lipinski definition) is 1. The van der Waals surface area contributed by atoms with Gasteiger partial charge in [-0.2, -0.15) is 8.42 Å². The molecule has 1 N–H and O–H groups in total. The normalized spacial score (nSPS) is 9.83. The third-order valence-electron chi connectivity index (χ3n) is 0.592. The predicted octanol–water partition coefficient (Wildman–Crippen LogP) is -1.60. The first-order valence-corrected chi connectivity index (χ1v) is 3.87. The predicted molar refractivity (Wildman–Crippen MR) is 41.5 cm³/mol. The van der Waals surface area contributed by atoms with Gasteiger partial charge in [-0.1, -0.05) is 0 Å². The van der Waals surface area contributed by atoms with E-state index in [1.54, 1.807) is 0 Å². The largest absolute Gasteiger partial charge is 0.448 e. The summed E-state index contributed by atoms with van der Waals surface area (Å²) >= 11 is 0. The van der Waals surface area contributed by atoms with Gasteiger partial charge in [0.25, 0.3) is 0 Å². The standard InChI is InChI=1S/C4H6O6S.Mg.2H/c1-3(5)2-4(6)10-11(7,8)9;;;/h2H2,1H3,(H,7,8,9);;;. The first-order chi connectivity index (χ1) is 4.81. The molecule has 0 saturated heterocycles. The van der Waals surface area contributed by atoms with Crippen LogP contribution in [0.1, 0.15) is 13.3 Å². The van der Waals surface area contributed by atoms with E-state index in [-0.39, 0.29) is 23.1 Å². The zero-order chi connectivity index (χ0) is 9.07. The summed E-state index contributed by atoms with van der Waals surface area (Å²) in [6.45, 7) is 1.09. The van der Waals surface area contributed by atoms with Gasteiger partial charge in [-0.05, 0) is 6.92 Å². The summed E-state index contributed by atoms with van der Waals surface area (Å²) in [5.74, 6) is -1.83. The van der Waals surface area contributed by atoms with E-state index in [1.165, 1.54) is 0 Å². The Labute approximate surface area is 85.4 Å². The van der Waals surface area contributed by atoms with Gasteiger partial charge >= 0.3 is 39.4 Å². The Hall–Kier alpha value is -0.184. The van der Waals surface area contributed by atoms with Crippen molar-refractivity contribution in [3.63, 3.8) is 0 Å². The van der Waals surface area contributed by atoms with Crippen LogP contribution in [0.2, 0.25) is 0 Å². The molecular formula is C4H8MgO6S. The molecule has 12 heavy (non-hydrogen) atoms. The molecule has 0 heterocycles. The smallest absolute Gasteiger partial charge is 0.325 e. The lowest BCUT2D eigenvalue weighted by Crippen LogP contribution is -2.14. The van der Waals surface area contributed by atoms with Crippen molar-refractivity contribution in [2.75, 3.05) is 0 Å². The van der Waals surface area contributed by atoms with Crippen LogP contribution < -0.4 is 0 Å². The molecule has 0 unspecified atom stereocenters. The molecule has 0 fully saturated rings. The molecule has 0 aromatic carbocycles. The quantitative estimate of drug-likeness (QED) is 0.341. The van der Waals surface area contributed by atoms with Crippen LogP contribution in [0.15, 0.2) is 0 Å². The minimum atomic E-state index is -4.77. The maximum Gasteiger partial charge on any atom is 0.448 e. The van der Waals surface area contributed by atoms with Gasteiger partial charge in [0.05, 0.1) is 0 Å². The van der Waals surface area contributed by atoms with E-state index in [4.69, 9.17) is 4.55 Å². The Balaban J connectivity index is 0. The second-order valence-electron chi connectivity index (χ2n) is 1.76. The van der Waals surface area contributed by atoms with Crippen molar-refractivity contribution in [3.05, 3.63) is 0 Å². The van der Waals surface area contributed by atoms with Crippen LogP contribution in [0.5, 0.6) is 0 Å². The fourth-order valence-corrected chi connectivity index (χ4v) is 0.644. The summed E-state index contributed by atoms with van der Waals surface area (Å²) in [6, 6.07) is 0. The van der Waals surface area contributed by atoms with Crippen LogP contribution >= 0.6 is 0 Å². The van der Waals surface area contributed by atoms with Crippen molar-refractivity contribution in [2.45, 2.75) is 13.3 Å². The molecule has 0 rings (SSSR count). The highest BCUT2D eigenvalue weighted by molar-refractivity contribution is 7.81. The summed E-state index contributed by atoms with van der Waals surface area (Å²) in [5, 5.41) is 0. The van der Waals surface area contributed by atoms with Crippen LogP contribution in [-0.2, 0) is 24.2 Å². The molecule has 6 nitrogen and oxygen atoms in total. The SMILES string of the molecule is CC(=O)CC(=O)OS(=O)(=O)O.[MgH2]. The molecule has 0 aromatic heterocycles. The van der Waals surface area contributed by atoms with E-state index < -0.39 is 28.6 Å². The highest BCUT2D eigenvalue weighted by Crippen LogP contribution is 1.92. The number of carbonyl (C=O) groups excluding carboxylic acids is 2. The third-order valence-corrected chi connectivity index (χ3v) is 0.988. The Morgan fingerprint density at radius 2 is 1.83 bits per heavy atom. The zero-order valence-corrected chi connectivity index (χ0v) is 6.42. The van der Waals surface area contributed by atoms with E-state index in [0.717, 1.165) is 6.92 Å². The molecule has 0 atom stereocenters. The number of rotatable bonds is 3. The maximum absolute atomic E-state index is 10.3. The molecule has 0 aliphatic heterocycles. The Morgan fingerprint density at radius 3 is 2.08 bits per heavy atom. The number of Topliss-reactive ketones (excluding diaryl/α,β-unsaturated/α-hetero) is 1. The highest BCUT2D eigenvalue weighted by atomic mass is 32.3. The van der Waals surface area contributed by atoms with Crippen molar-refractivity contribution in [1.82, 2.24) is 0 Å². The Morgan fingerprint density at radius 1 is 1.42 bits per heavy atom. The maximum atomic E-state index is 10.3. The highest BCUT2D eigenvalue weighted by Gasteiger charge is 2.14. The number of hydrogen-bond acceptors (Lipinski definition) is 5. The van der Waals surface area contributed by atoms with Gasteiger partial charge < -0.3 is 4.18 Å². The number of ketones is 1. The third kappa shape index (κ3) is 9.82. The van der Waals surface area contributed by atoms with Crippen LogP contribution in [0.25, 0.3) is 0 Å². The van der Waals surface area contributed by atoms with Crippen molar-refractivity contribution in [2.24, 2.45) is 0 Å². The Kier molecular flexibility index (Phi) is 6.53. The molecule has 0 radical (unpaired) electrons. The second kappa shape index (κ2) is 5.46. The fraction of sp³-hybridized carbons (Fsp3) is 0.500. The van der Waals surface area contributed by atoms with Crippen LogP contribution in [0.3, 0.4) is 0 Å². The van der Waals surface area contributed by atoms with Crippen molar-refractivity contribution >= 4 is 45.2 Å². The first-order valence-electron chi connectivity index (χ1n) is 2.50. The van der Waals surface area contributed by atoms with Crippen LogP contribution in [0, 0.1) is 0 Å². The molecule has 0 spiro atoms. The van der Waals surface area contributed by atoms with E-state index in [0.29, 0.717) is 0 Å². The molecule has 0 bridgehead atoms. The van der Waals surface area contributed by atoms with E-state index in [2.05, 4.69) is 4.18 Å². The molecule has 0 amide bonds. The van der Waals surface area contributed by atoms with Gasteiger partial charge in [0.1, 0.15) is 12.2 Å². The van der Waals surface area contributed by atoms with Gasteiger partial charge in [-0.25, -0.2) is 0 Å². The lowest BCUT2D eigenvalue weighted by Gasteiger charge is -1.95. The summed E-state index contributed by atoms with van der Waals surface area (Å²) in [7, 11) is -4.77. The van der Waals surface area contributed by atoms with Gasteiger partial charge in [0, 0.05) is 0 Å². The molecule has 68 valence electrons. The summed E-state index contributed by atoms with van der Waals surface area (Å²) in [5.41, 5.74) is 0. The molecule has 8 heteroatoms. The lowest BCUT2D eigenvalue weighted by atomic mass is 10.3. The van der Waals surface area contributed by atoms with Crippen molar-refractivity contribution in [3.8, 4) is 0 Å². The van der Waals surface area contributed by atoms with Crippen LogP contribution in [-0.4, -0.2) is 47.8 Å². The molecular weight excluding hydrogens is 200 g/mol. The average Bonchev–Trinajstić information content (AvgIpc) is 1.53. The summed E-state index contributed by atoms with van der Waals surface area (Å²) in [4.78, 5) is 20.4. The van der Waals surface area contributed by atoms with Gasteiger partial charge in [0.15, 0.2) is 0 Å². The zero-order valence-electron chi connectivity index (χ0n) is 5.60. The van der Waals surface area contributed by atoms with Gasteiger partial charge in [-0.15, -0.1) is 0 Å². The average molecular weight is 208 g/mol. The van der Waals surface area contributed by atoms with E-state index >= 15 is 0 Å². The van der Waals surface area contributed by atoms with Gasteiger partial charge in [0.2, 0.25) is 0 Å². The minimum absolute atomic E-state index is 0. The second-order valence-corrected chi connectivity index (χ2v) is 2.78. The number of carbonyl (C=O) groups is 2. The van der Waals surface area contributed by atoms with E-state index in [1.807, 2.05) is 0 Å². The van der Waals surface area contributed by atoms with Crippen molar-refractivity contribution in [1.29, 1.82) is 0 Å².